The van der Waals surface area contributed by atoms with Crippen LogP contribution in [-0.2, 0) is 6.18 Å². The fourth-order valence-corrected chi connectivity index (χ4v) is 3.12. The summed E-state index contributed by atoms with van der Waals surface area (Å²) in [7, 11) is 1.52. The minimum Gasteiger partial charge on any atom is -0.423 e. The van der Waals surface area contributed by atoms with Crippen molar-refractivity contribution >= 4 is 28.7 Å². The molecule has 3 aromatic carbocycles. The van der Waals surface area contributed by atoms with Gasteiger partial charge in [-0.25, -0.2) is 0 Å². The Kier molecular flexibility index (Phi) is 4.91. The minimum atomic E-state index is -4.55. The van der Waals surface area contributed by atoms with Gasteiger partial charge in [-0.15, -0.1) is 0 Å². The highest BCUT2D eigenvalue weighted by Gasteiger charge is 2.34. The van der Waals surface area contributed by atoms with Crippen LogP contribution in [0.4, 0.5) is 24.9 Å². The molecule has 0 aliphatic heterocycles. The summed E-state index contributed by atoms with van der Waals surface area (Å²) in [5.74, 6) is -0.265. The third-order valence-corrected chi connectivity index (χ3v) is 4.52. The maximum Gasteiger partial charge on any atom is 0.417 e. The molecule has 1 amide bonds. The van der Waals surface area contributed by atoms with Crippen molar-refractivity contribution in [3.63, 3.8) is 0 Å². The van der Waals surface area contributed by atoms with Crippen molar-refractivity contribution in [2.45, 2.75) is 6.18 Å². The van der Waals surface area contributed by atoms with Gasteiger partial charge in [0.05, 0.1) is 5.56 Å². The fourth-order valence-electron chi connectivity index (χ4n) is 3.12. The Morgan fingerprint density at radius 2 is 1.77 bits per heavy atom. The van der Waals surface area contributed by atoms with E-state index >= 15 is 0 Å². The number of nitrogens with one attached hydrogen (secondary N) is 2. The fraction of sp³-hybridized carbons (Fsp3) is 0.0909. The molecule has 1 heterocycles. The molecule has 0 fully saturated rings. The Labute approximate surface area is 169 Å². The molecule has 0 saturated carbocycles. The predicted octanol–water partition coefficient (Wildman–Crippen LogP) is 5.62. The molecular weight excluding hydrogens is 395 g/mol. The third kappa shape index (κ3) is 3.84. The van der Waals surface area contributed by atoms with Crippen LogP contribution in [0.1, 0.15) is 15.9 Å². The molecule has 152 valence electrons. The number of benzene rings is 3. The van der Waals surface area contributed by atoms with E-state index in [9.17, 15) is 18.0 Å². The minimum absolute atomic E-state index is 0.0138. The summed E-state index contributed by atoms with van der Waals surface area (Å²) >= 11 is 0. The molecule has 0 atom stereocenters. The SMILES string of the molecule is CNC(=O)c1cccc(Nc2nc3cc(C(F)(F)F)c(-c4ccccc4)cc3o2)c1. The summed E-state index contributed by atoms with van der Waals surface area (Å²) in [6.45, 7) is 0. The number of anilines is 2. The monoisotopic (exact) mass is 411 g/mol. The summed E-state index contributed by atoms with van der Waals surface area (Å²) in [6, 6.07) is 17.2. The van der Waals surface area contributed by atoms with Crippen LogP contribution in [0.25, 0.3) is 22.2 Å². The van der Waals surface area contributed by atoms with Crippen LogP contribution >= 0.6 is 0 Å². The van der Waals surface area contributed by atoms with Gasteiger partial charge in [0.15, 0.2) is 5.58 Å². The lowest BCUT2D eigenvalue weighted by atomic mass is 9.99. The lowest BCUT2D eigenvalue weighted by Gasteiger charge is -2.12. The van der Waals surface area contributed by atoms with Gasteiger partial charge in [-0.1, -0.05) is 36.4 Å². The topological polar surface area (TPSA) is 67.2 Å². The molecule has 0 aliphatic carbocycles. The maximum atomic E-state index is 13.7. The van der Waals surface area contributed by atoms with Gasteiger partial charge in [0, 0.05) is 18.3 Å². The van der Waals surface area contributed by atoms with E-state index in [0.717, 1.165) is 6.07 Å². The van der Waals surface area contributed by atoms with E-state index in [2.05, 4.69) is 15.6 Å². The standard InChI is InChI=1S/C22H16F3N3O2/c1-26-20(29)14-8-5-9-15(10-14)27-21-28-18-12-17(22(23,24)25)16(11-19(18)30-21)13-6-3-2-4-7-13/h2-12H,1H3,(H,26,29)(H,27,28). The Morgan fingerprint density at radius 1 is 1.00 bits per heavy atom. The van der Waals surface area contributed by atoms with Crippen LogP contribution in [0.2, 0.25) is 0 Å². The summed E-state index contributed by atoms with van der Waals surface area (Å²) in [5.41, 5.74) is 0.878. The largest absolute Gasteiger partial charge is 0.423 e. The highest BCUT2D eigenvalue weighted by Crippen LogP contribution is 2.40. The third-order valence-electron chi connectivity index (χ3n) is 4.52. The Hall–Kier alpha value is -3.81. The van der Waals surface area contributed by atoms with Gasteiger partial charge < -0.3 is 15.1 Å². The van der Waals surface area contributed by atoms with Gasteiger partial charge in [0.2, 0.25) is 0 Å². The second-order valence-corrected chi connectivity index (χ2v) is 6.53. The number of nitrogens with zero attached hydrogens (tertiary/aromatic N) is 1. The molecule has 0 radical (unpaired) electrons. The van der Waals surface area contributed by atoms with Crippen molar-refractivity contribution in [1.29, 1.82) is 0 Å². The number of aromatic nitrogens is 1. The van der Waals surface area contributed by atoms with Gasteiger partial charge in [-0.3, -0.25) is 4.79 Å². The molecule has 0 saturated heterocycles. The number of halogens is 3. The van der Waals surface area contributed by atoms with Gasteiger partial charge in [-0.2, -0.15) is 18.2 Å². The van der Waals surface area contributed by atoms with Crippen LogP contribution in [0.15, 0.2) is 71.1 Å². The highest BCUT2D eigenvalue weighted by atomic mass is 19.4. The first kappa shape index (κ1) is 19.5. The van der Waals surface area contributed by atoms with Gasteiger partial charge in [0.25, 0.3) is 11.9 Å². The molecule has 0 spiro atoms. The van der Waals surface area contributed by atoms with E-state index in [-0.39, 0.29) is 28.6 Å². The Bertz CT molecular complexity index is 1220. The molecule has 0 aliphatic rings. The van der Waals surface area contributed by atoms with Crippen LogP contribution in [0.3, 0.4) is 0 Å². The molecular formula is C22H16F3N3O2. The number of hydrogen-bond donors (Lipinski definition) is 2. The van der Waals surface area contributed by atoms with Gasteiger partial charge in [0.1, 0.15) is 5.52 Å². The molecule has 0 unspecified atom stereocenters. The molecule has 4 aromatic rings. The first-order chi connectivity index (χ1) is 14.3. The number of hydrogen-bond acceptors (Lipinski definition) is 4. The lowest BCUT2D eigenvalue weighted by molar-refractivity contribution is -0.137. The lowest BCUT2D eigenvalue weighted by Crippen LogP contribution is -2.17. The molecule has 0 bridgehead atoms. The average molecular weight is 411 g/mol. The van der Waals surface area contributed by atoms with E-state index in [1.54, 1.807) is 54.6 Å². The van der Waals surface area contributed by atoms with Crippen molar-refractivity contribution in [2.24, 2.45) is 0 Å². The first-order valence-corrected chi connectivity index (χ1v) is 9.01. The van der Waals surface area contributed by atoms with E-state index in [0.29, 0.717) is 16.8 Å². The van der Waals surface area contributed by atoms with E-state index in [4.69, 9.17) is 4.42 Å². The van der Waals surface area contributed by atoms with E-state index < -0.39 is 11.7 Å². The summed E-state index contributed by atoms with van der Waals surface area (Å²) in [5, 5.41) is 5.41. The number of alkyl halides is 3. The number of oxazole rings is 1. The van der Waals surface area contributed by atoms with Crippen LogP contribution < -0.4 is 10.6 Å². The smallest absolute Gasteiger partial charge is 0.417 e. The number of carbonyl (C=O) groups is 1. The number of rotatable bonds is 4. The van der Waals surface area contributed by atoms with Crippen molar-refractivity contribution in [1.82, 2.24) is 10.3 Å². The van der Waals surface area contributed by atoms with Crippen molar-refractivity contribution in [2.75, 3.05) is 12.4 Å². The number of fused-ring (bicyclic) bond motifs is 1. The van der Waals surface area contributed by atoms with Crippen molar-refractivity contribution in [3.8, 4) is 11.1 Å². The summed E-state index contributed by atoms with van der Waals surface area (Å²) < 4.78 is 46.6. The Morgan fingerprint density at radius 3 is 2.47 bits per heavy atom. The van der Waals surface area contributed by atoms with Crippen molar-refractivity contribution in [3.05, 3.63) is 77.9 Å². The molecule has 30 heavy (non-hydrogen) atoms. The normalized spacial score (nSPS) is 11.5. The van der Waals surface area contributed by atoms with Gasteiger partial charge in [-0.05, 0) is 41.5 Å². The zero-order chi connectivity index (χ0) is 21.3. The van der Waals surface area contributed by atoms with Crippen LogP contribution in [0, 0.1) is 0 Å². The quantitative estimate of drug-likeness (QED) is 0.458. The van der Waals surface area contributed by atoms with Crippen LogP contribution in [-0.4, -0.2) is 17.9 Å². The molecule has 5 nitrogen and oxygen atoms in total. The molecule has 2 N–H and O–H groups in total. The van der Waals surface area contributed by atoms with Crippen molar-refractivity contribution < 1.29 is 22.4 Å². The first-order valence-electron chi connectivity index (χ1n) is 9.01. The number of amides is 1. The second kappa shape index (κ2) is 7.55. The Balaban J connectivity index is 1.75. The van der Waals surface area contributed by atoms with Gasteiger partial charge >= 0.3 is 6.18 Å². The summed E-state index contributed by atoms with van der Waals surface area (Å²) in [4.78, 5) is 15.9. The molecule has 1 aromatic heterocycles. The zero-order valence-corrected chi connectivity index (χ0v) is 15.7. The van der Waals surface area contributed by atoms with E-state index in [1.165, 1.54) is 13.1 Å². The second-order valence-electron chi connectivity index (χ2n) is 6.53. The summed E-state index contributed by atoms with van der Waals surface area (Å²) in [6.07, 6.45) is -4.55. The molecule has 8 heteroatoms. The average Bonchev–Trinajstić information content (AvgIpc) is 3.13. The maximum absolute atomic E-state index is 13.7. The van der Waals surface area contributed by atoms with E-state index in [1.807, 2.05) is 0 Å². The van der Waals surface area contributed by atoms with Crippen LogP contribution in [0.5, 0.6) is 0 Å². The predicted molar refractivity (Wildman–Crippen MR) is 108 cm³/mol. The zero-order valence-electron chi connectivity index (χ0n) is 15.7. The molecule has 4 rings (SSSR count). The highest BCUT2D eigenvalue weighted by molar-refractivity contribution is 5.95. The number of carbonyl (C=O) groups excluding carboxylic acids is 1.